The molecule has 1 aromatic heterocycles. The Morgan fingerprint density at radius 3 is 2.50 bits per heavy atom. The highest BCUT2D eigenvalue weighted by atomic mass is 127. The summed E-state index contributed by atoms with van der Waals surface area (Å²) in [5, 5.41) is 1.34. The van der Waals surface area contributed by atoms with Gasteiger partial charge in [-0.15, -0.1) is 11.8 Å². The third-order valence-corrected chi connectivity index (χ3v) is 7.66. The monoisotopic (exact) mass is 561 g/mol. The van der Waals surface area contributed by atoms with Crippen molar-refractivity contribution in [3.05, 3.63) is 66.4 Å². The average Bonchev–Trinajstić information content (AvgIpc) is 2.83. The number of aryl methyl sites for hydroxylation is 1. The zero-order valence-corrected chi connectivity index (χ0v) is 22.2. The SMILES string of the molecule is COc1ccc(CSc2cc3ccccc3[n+](CCCCCC3CCCCC3)c2)cc1.[I-]. The van der Waals surface area contributed by atoms with Gasteiger partial charge in [-0.25, -0.2) is 0 Å². The van der Waals surface area contributed by atoms with Crippen LogP contribution >= 0.6 is 11.8 Å². The van der Waals surface area contributed by atoms with E-state index in [-0.39, 0.29) is 24.0 Å². The molecule has 0 N–H and O–H groups in total. The van der Waals surface area contributed by atoms with E-state index in [0.717, 1.165) is 24.0 Å². The molecule has 4 rings (SSSR count). The fourth-order valence-electron chi connectivity index (χ4n) is 4.80. The molecule has 2 aromatic carbocycles. The zero-order chi connectivity index (χ0) is 21.3. The first kappa shape index (κ1) is 25.4. The molecule has 0 atom stereocenters. The molecule has 1 aliphatic rings. The fourth-order valence-corrected chi connectivity index (χ4v) is 5.74. The van der Waals surface area contributed by atoms with Crippen molar-refractivity contribution in [2.45, 2.75) is 75.0 Å². The van der Waals surface area contributed by atoms with E-state index in [1.807, 2.05) is 23.9 Å². The van der Waals surface area contributed by atoms with Gasteiger partial charge in [0, 0.05) is 23.6 Å². The number of thioether (sulfide) groups is 1. The summed E-state index contributed by atoms with van der Waals surface area (Å²) in [6.07, 6.45) is 15.2. The second-order valence-corrected chi connectivity index (χ2v) is 9.97. The Balaban J connectivity index is 0.00000289. The quantitative estimate of drug-likeness (QED) is 0.156. The third-order valence-electron chi connectivity index (χ3n) is 6.63. The minimum atomic E-state index is 0. The van der Waals surface area contributed by atoms with E-state index < -0.39 is 0 Å². The largest absolute Gasteiger partial charge is 1.00 e. The van der Waals surface area contributed by atoms with Crippen LogP contribution in [0.4, 0.5) is 0 Å². The van der Waals surface area contributed by atoms with Crippen LogP contribution in [0.1, 0.15) is 63.4 Å². The summed E-state index contributed by atoms with van der Waals surface area (Å²) in [5.41, 5.74) is 2.68. The van der Waals surface area contributed by atoms with E-state index in [1.54, 1.807) is 7.11 Å². The molecule has 32 heavy (non-hydrogen) atoms. The van der Waals surface area contributed by atoms with Crippen LogP contribution in [0.15, 0.2) is 65.7 Å². The number of fused-ring (bicyclic) bond motifs is 1. The molecule has 0 bridgehead atoms. The molecule has 172 valence electrons. The van der Waals surface area contributed by atoms with Gasteiger partial charge in [0.25, 0.3) is 0 Å². The lowest BCUT2D eigenvalue weighted by Gasteiger charge is -2.21. The van der Waals surface area contributed by atoms with Gasteiger partial charge >= 0.3 is 0 Å². The Bertz CT molecular complexity index is 953. The number of para-hydroxylation sites is 1. The standard InChI is InChI=1S/C28H36NOS.HI/c1-30-26-17-15-24(16-18-26)22-31-27-20-25-13-7-8-14-28(25)29(21-27)19-9-3-6-12-23-10-4-2-5-11-23;/h7-8,13-18,20-21,23H,2-6,9-12,19,22H2,1H3;1H/q+1;/p-1. The Hall–Kier alpha value is -1.27. The van der Waals surface area contributed by atoms with E-state index >= 15 is 0 Å². The molecular weight excluding hydrogens is 525 g/mol. The zero-order valence-electron chi connectivity index (χ0n) is 19.3. The number of ether oxygens (including phenoxy) is 1. The molecule has 0 radical (unpaired) electrons. The number of methoxy groups -OCH3 is 1. The first-order valence-electron chi connectivity index (χ1n) is 12.0. The number of hydrogen-bond acceptors (Lipinski definition) is 2. The lowest BCUT2D eigenvalue weighted by Crippen LogP contribution is -3.00. The van der Waals surface area contributed by atoms with Gasteiger partial charge in [-0.2, -0.15) is 4.57 Å². The molecule has 0 saturated heterocycles. The number of unbranched alkanes of at least 4 members (excludes halogenated alkanes) is 2. The van der Waals surface area contributed by atoms with Crippen molar-refractivity contribution >= 4 is 22.7 Å². The summed E-state index contributed by atoms with van der Waals surface area (Å²) in [6.45, 7) is 1.11. The maximum atomic E-state index is 5.27. The number of pyridine rings is 1. The molecule has 0 aliphatic heterocycles. The Kier molecular flexibility index (Phi) is 10.6. The molecule has 1 aliphatic carbocycles. The van der Waals surface area contributed by atoms with Gasteiger partial charge < -0.3 is 28.7 Å². The summed E-state index contributed by atoms with van der Waals surface area (Å²) in [6, 6.07) is 19.6. The highest BCUT2D eigenvalue weighted by molar-refractivity contribution is 7.98. The Labute approximate surface area is 215 Å². The van der Waals surface area contributed by atoms with Crippen LogP contribution < -0.4 is 33.3 Å². The molecule has 4 heteroatoms. The first-order chi connectivity index (χ1) is 15.3. The van der Waals surface area contributed by atoms with Gasteiger partial charge in [0.2, 0.25) is 5.52 Å². The van der Waals surface area contributed by atoms with Gasteiger partial charge in [0.05, 0.1) is 12.0 Å². The van der Waals surface area contributed by atoms with E-state index in [0.29, 0.717) is 0 Å². The van der Waals surface area contributed by atoms with Gasteiger partial charge in [-0.1, -0.05) is 69.2 Å². The number of benzene rings is 2. The molecule has 1 fully saturated rings. The van der Waals surface area contributed by atoms with Crippen LogP contribution in [-0.4, -0.2) is 7.11 Å². The molecule has 0 unspecified atom stereocenters. The van der Waals surface area contributed by atoms with Crippen LogP contribution in [-0.2, 0) is 12.3 Å². The summed E-state index contributed by atoms with van der Waals surface area (Å²) in [4.78, 5) is 1.34. The predicted octanol–water partition coefficient (Wildman–Crippen LogP) is 4.57. The maximum absolute atomic E-state index is 5.27. The molecule has 0 amide bonds. The molecule has 1 saturated carbocycles. The lowest BCUT2D eigenvalue weighted by molar-refractivity contribution is -0.673. The molecule has 2 nitrogen and oxygen atoms in total. The summed E-state index contributed by atoms with van der Waals surface area (Å²) < 4.78 is 7.75. The van der Waals surface area contributed by atoms with E-state index in [2.05, 4.69) is 53.2 Å². The highest BCUT2D eigenvalue weighted by Crippen LogP contribution is 2.28. The van der Waals surface area contributed by atoms with Crippen LogP contribution in [0.2, 0.25) is 0 Å². The van der Waals surface area contributed by atoms with Crippen molar-refractivity contribution in [3.8, 4) is 5.75 Å². The highest BCUT2D eigenvalue weighted by Gasteiger charge is 2.14. The normalized spacial score (nSPS) is 14.3. The van der Waals surface area contributed by atoms with Gasteiger partial charge in [-0.05, 0) is 42.2 Å². The van der Waals surface area contributed by atoms with Crippen molar-refractivity contribution in [1.29, 1.82) is 0 Å². The Morgan fingerprint density at radius 2 is 1.72 bits per heavy atom. The van der Waals surface area contributed by atoms with E-state index in [9.17, 15) is 0 Å². The minimum Gasteiger partial charge on any atom is -1.00 e. The van der Waals surface area contributed by atoms with Gasteiger partial charge in [0.1, 0.15) is 12.3 Å². The van der Waals surface area contributed by atoms with Crippen molar-refractivity contribution in [1.82, 2.24) is 0 Å². The Morgan fingerprint density at radius 1 is 0.938 bits per heavy atom. The van der Waals surface area contributed by atoms with Crippen LogP contribution in [0.3, 0.4) is 0 Å². The molecule has 3 aromatic rings. The summed E-state index contributed by atoms with van der Waals surface area (Å²) >= 11 is 1.92. The van der Waals surface area contributed by atoms with Crippen molar-refractivity contribution in [3.63, 3.8) is 0 Å². The van der Waals surface area contributed by atoms with E-state index in [1.165, 1.54) is 79.1 Å². The van der Waals surface area contributed by atoms with E-state index in [4.69, 9.17) is 4.74 Å². The third kappa shape index (κ3) is 7.38. The summed E-state index contributed by atoms with van der Waals surface area (Å²) in [5.74, 6) is 2.91. The maximum Gasteiger partial charge on any atom is 0.212 e. The number of halogens is 1. The second-order valence-electron chi connectivity index (χ2n) is 8.92. The lowest BCUT2D eigenvalue weighted by atomic mass is 9.85. The fraction of sp³-hybridized carbons (Fsp3) is 0.464. The van der Waals surface area contributed by atoms with Gasteiger partial charge in [-0.3, -0.25) is 0 Å². The topological polar surface area (TPSA) is 13.1 Å². The van der Waals surface area contributed by atoms with Crippen molar-refractivity contribution in [2.24, 2.45) is 5.92 Å². The predicted molar refractivity (Wildman–Crippen MR) is 132 cm³/mol. The number of aromatic nitrogens is 1. The minimum absolute atomic E-state index is 0. The van der Waals surface area contributed by atoms with Gasteiger partial charge in [0.15, 0.2) is 6.20 Å². The molecule has 1 heterocycles. The first-order valence-corrected chi connectivity index (χ1v) is 13.0. The van der Waals surface area contributed by atoms with Crippen molar-refractivity contribution < 1.29 is 33.3 Å². The smallest absolute Gasteiger partial charge is 0.212 e. The number of nitrogens with zero attached hydrogens (tertiary/aromatic N) is 1. The molecular formula is C28H36INOS. The number of hydrogen-bond donors (Lipinski definition) is 0. The van der Waals surface area contributed by atoms with Crippen LogP contribution in [0, 0.1) is 5.92 Å². The summed E-state index contributed by atoms with van der Waals surface area (Å²) in [7, 11) is 1.72. The number of rotatable bonds is 10. The van der Waals surface area contributed by atoms with Crippen molar-refractivity contribution in [2.75, 3.05) is 7.11 Å². The second kappa shape index (κ2) is 13.4. The van der Waals surface area contributed by atoms with Crippen LogP contribution in [0.25, 0.3) is 10.9 Å². The molecule has 0 spiro atoms. The van der Waals surface area contributed by atoms with Crippen LogP contribution in [0.5, 0.6) is 5.75 Å². The average molecular weight is 562 g/mol.